The SMILES string of the molecule is CCCc1cc(/C(N)=N/O)c(-c2cc(F)ccc2C)c(-c2ccc(O)cc2)c1. The molecule has 0 aliphatic heterocycles. The van der Waals surface area contributed by atoms with Crippen LogP contribution in [0.5, 0.6) is 5.75 Å². The van der Waals surface area contributed by atoms with Crippen molar-refractivity contribution in [3.05, 3.63) is 77.1 Å². The second-order valence-electron chi connectivity index (χ2n) is 6.81. The molecule has 4 N–H and O–H groups in total. The topological polar surface area (TPSA) is 78.8 Å². The molecule has 4 nitrogen and oxygen atoms in total. The van der Waals surface area contributed by atoms with Crippen LogP contribution in [0.2, 0.25) is 0 Å². The van der Waals surface area contributed by atoms with Crippen molar-refractivity contribution >= 4 is 5.84 Å². The second kappa shape index (κ2) is 8.13. The summed E-state index contributed by atoms with van der Waals surface area (Å²) in [6.07, 6.45) is 1.75. The number of benzene rings is 3. The van der Waals surface area contributed by atoms with Gasteiger partial charge in [0, 0.05) is 11.1 Å². The van der Waals surface area contributed by atoms with E-state index in [9.17, 15) is 14.7 Å². The molecular weight excluding hydrogens is 355 g/mol. The molecule has 0 aromatic heterocycles. The third kappa shape index (κ3) is 3.83. The highest BCUT2D eigenvalue weighted by Crippen LogP contribution is 2.39. The van der Waals surface area contributed by atoms with Gasteiger partial charge in [0.1, 0.15) is 11.6 Å². The maximum absolute atomic E-state index is 14.1. The number of halogens is 1. The van der Waals surface area contributed by atoms with Gasteiger partial charge in [-0.3, -0.25) is 0 Å². The Kier molecular flexibility index (Phi) is 5.64. The molecule has 0 aliphatic rings. The van der Waals surface area contributed by atoms with Crippen molar-refractivity contribution in [2.75, 3.05) is 0 Å². The minimum absolute atomic E-state index is 0.0309. The van der Waals surface area contributed by atoms with E-state index in [4.69, 9.17) is 5.73 Å². The van der Waals surface area contributed by atoms with Crippen molar-refractivity contribution in [3.8, 4) is 28.0 Å². The molecule has 0 heterocycles. The highest BCUT2D eigenvalue weighted by Gasteiger charge is 2.19. The summed E-state index contributed by atoms with van der Waals surface area (Å²) >= 11 is 0. The van der Waals surface area contributed by atoms with Crippen LogP contribution >= 0.6 is 0 Å². The number of oxime groups is 1. The van der Waals surface area contributed by atoms with Gasteiger partial charge in [0.2, 0.25) is 0 Å². The van der Waals surface area contributed by atoms with E-state index in [1.807, 2.05) is 19.1 Å². The summed E-state index contributed by atoms with van der Waals surface area (Å²) in [6, 6.07) is 15.3. The molecule has 0 radical (unpaired) electrons. The molecule has 3 aromatic carbocycles. The number of hydrogen-bond donors (Lipinski definition) is 3. The Balaban J connectivity index is 2.42. The number of rotatable bonds is 5. The average Bonchev–Trinajstić information content (AvgIpc) is 2.69. The van der Waals surface area contributed by atoms with Crippen LogP contribution in [0.1, 0.15) is 30.0 Å². The first-order chi connectivity index (χ1) is 13.4. The Morgan fingerprint density at radius 1 is 1.04 bits per heavy atom. The molecule has 0 aliphatic carbocycles. The molecule has 0 saturated heterocycles. The van der Waals surface area contributed by atoms with Crippen LogP contribution < -0.4 is 5.73 Å². The average molecular weight is 378 g/mol. The molecule has 0 amide bonds. The van der Waals surface area contributed by atoms with Crippen LogP contribution in [0, 0.1) is 12.7 Å². The minimum Gasteiger partial charge on any atom is -0.508 e. The van der Waals surface area contributed by atoms with Crippen LogP contribution in [-0.2, 0) is 6.42 Å². The zero-order valence-corrected chi connectivity index (χ0v) is 15.9. The summed E-state index contributed by atoms with van der Waals surface area (Å²) < 4.78 is 14.1. The van der Waals surface area contributed by atoms with Crippen molar-refractivity contribution < 1.29 is 14.7 Å². The number of aromatic hydroxyl groups is 1. The third-order valence-corrected chi connectivity index (χ3v) is 4.77. The van der Waals surface area contributed by atoms with Crippen molar-refractivity contribution in [2.45, 2.75) is 26.7 Å². The Hall–Kier alpha value is -3.34. The van der Waals surface area contributed by atoms with Crippen molar-refractivity contribution in [1.82, 2.24) is 0 Å². The monoisotopic (exact) mass is 378 g/mol. The Morgan fingerprint density at radius 3 is 2.39 bits per heavy atom. The third-order valence-electron chi connectivity index (χ3n) is 4.77. The van der Waals surface area contributed by atoms with E-state index >= 15 is 0 Å². The second-order valence-corrected chi connectivity index (χ2v) is 6.81. The molecule has 144 valence electrons. The number of phenols is 1. The van der Waals surface area contributed by atoms with Gasteiger partial charge in [-0.05, 0) is 71.5 Å². The molecule has 0 unspecified atom stereocenters. The fourth-order valence-corrected chi connectivity index (χ4v) is 3.41. The Bertz CT molecular complexity index is 1030. The standard InChI is InChI=1S/C23H23FN2O2/c1-3-4-15-11-20(16-6-9-18(27)10-7-16)22(21(12-15)23(25)26-28)19-13-17(24)8-5-14(19)2/h5-13,27-28H,3-4H2,1-2H3,(H2,25,26). The zero-order chi connectivity index (χ0) is 20.3. The molecule has 3 aromatic rings. The van der Waals surface area contributed by atoms with Gasteiger partial charge in [0.25, 0.3) is 0 Å². The van der Waals surface area contributed by atoms with Crippen LogP contribution in [0.4, 0.5) is 4.39 Å². The van der Waals surface area contributed by atoms with E-state index in [-0.39, 0.29) is 17.4 Å². The summed E-state index contributed by atoms with van der Waals surface area (Å²) in [5.74, 6) is -0.231. The van der Waals surface area contributed by atoms with Gasteiger partial charge < -0.3 is 16.0 Å². The zero-order valence-electron chi connectivity index (χ0n) is 15.9. The van der Waals surface area contributed by atoms with Crippen LogP contribution in [0.25, 0.3) is 22.3 Å². The summed E-state index contributed by atoms with van der Waals surface area (Å²) in [6.45, 7) is 3.97. The van der Waals surface area contributed by atoms with Crippen LogP contribution in [-0.4, -0.2) is 16.1 Å². The number of aryl methyl sites for hydroxylation is 2. The van der Waals surface area contributed by atoms with E-state index in [1.54, 1.807) is 30.3 Å². The van der Waals surface area contributed by atoms with Crippen LogP contribution in [0.3, 0.4) is 0 Å². The largest absolute Gasteiger partial charge is 0.508 e. The van der Waals surface area contributed by atoms with E-state index in [0.717, 1.165) is 35.1 Å². The van der Waals surface area contributed by atoms with Crippen molar-refractivity contribution in [2.24, 2.45) is 10.9 Å². The minimum atomic E-state index is -0.361. The lowest BCUT2D eigenvalue weighted by Crippen LogP contribution is -2.16. The van der Waals surface area contributed by atoms with Gasteiger partial charge in [-0.1, -0.05) is 42.8 Å². The predicted molar refractivity (Wildman–Crippen MR) is 110 cm³/mol. The van der Waals surface area contributed by atoms with E-state index in [1.165, 1.54) is 12.1 Å². The fraction of sp³-hybridized carbons (Fsp3) is 0.174. The summed E-state index contributed by atoms with van der Waals surface area (Å²) in [4.78, 5) is 0. The molecule has 0 spiro atoms. The van der Waals surface area contributed by atoms with Gasteiger partial charge >= 0.3 is 0 Å². The maximum Gasteiger partial charge on any atom is 0.170 e. The highest BCUT2D eigenvalue weighted by atomic mass is 19.1. The molecule has 0 saturated carbocycles. The van der Waals surface area contributed by atoms with E-state index in [0.29, 0.717) is 16.7 Å². The lowest BCUT2D eigenvalue weighted by atomic mass is 9.85. The maximum atomic E-state index is 14.1. The first-order valence-corrected chi connectivity index (χ1v) is 9.15. The molecule has 28 heavy (non-hydrogen) atoms. The smallest absolute Gasteiger partial charge is 0.170 e. The van der Waals surface area contributed by atoms with E-state index < -0.39 is 0 Å². The van der Waals surface area contributed by atoms with Crippen LogP contribution in [0.15, 0.2) is 59.8 Å². The first-order valence-electron chi connectivity index (χ1n) is 9.15. The highest BCUT2D eigenvalue weighted by molar-refractivity contribution is 6.07. The quantitative estimate of drug-likeness (QED) is 0.246. The summed E-state index contributed by atoms with van der Waals surface area (Å²) in [7, 11) is 0. The molecule has 0 bridgehead atoms. The van der Waals surface area contributed by atoms with Gasteiger partial charge in [0.05, 0.1) is 0 Å². The molecular formula is C23H23FN2O2. The summed E-state index contributed by atoms with van der Waals surface area (Å²) in [5, 5.41) is 22.2. The number of amidine groups is 1. The van der Waals surface area contributed by atoms with Gasteiger partial charge in [-0.2, -0.15) is 0 Å². The lowest BCUT2D eigenvalue weighted by Gasteiger charge is -2.19. The van der Waals surface area contributed by atoms with Gasteiger partial charge in [-0.25, -0.2) is 4.39 Å². The van der Waals surface area contributed by atoms with Gasteiger partial charge in [0.15, 0.2) is 5.84 Å². The Morgan fingerprint density at radius 2 is 1.75 bits per heavy atom. The van der Waals surface area contributed by atoms with Crippen molar-refractivity contribution in [1.29, 1.82) is 0 Å². The molecule has 5 heteroatoms. The predicted octanol–water partition coefficient (Wildman–Crippen LogP) is 5.22. The fourth-order valence-electron chi connectivity index (χ4n) is 3.41. The number of nitrogens with two attached hydrogens (primary N) is 1. The van der Waals surface area contributed by atoms with E-state index in [2.05, 4.69) is 12.1 Å². The molecule has 0 fully saturated rings. The van der Waals surface area contributed by atoms with Crippen molar-refractivity contribution in [3.63, 3.8) is 0 Å². The lowest BCUT2D eigenvalue weighted by molar-refractivity contribution is 0.318. The Labute approximate surface area is 163 Å². The normalized spacial score (nSPS) is 11.6. The first kappa shape index (κ1) is 19.4. The number of hydrogen-bond acceptors (Lipinski definition) is 3. The summed E-state index contributed by atoms with van der Waals surface area (Å²) in [5.41, 5.74) is 11.5. The number of nitrogens with zero attached hydrogens (tertiary/aromatic N) is 1. The number of phenolic OH excluding ortho intramolecular Hbond substituents is 1. The van der Waals surface area contributed by atoms with Gasteiger partial charge in [-0.15, -0.1) is 0 Å². The molecule has 3 rings (SSSR count). The molecule has 0 atom stereocenters.